The molecular weight excluding hydrogens is 196 g/mol. The highest BCUT2D eigenvalue weighted by Crippen LogP contribution is 2.25. The largest absolute Gasteiger partial charge is 0.307 e. The minimum Gasteiger partial charge on any atom is -0.307 e. The van der Waals surface area contributed by atoms with E-state index in [9.17, 15) is 0 Å². The van der Waals surface area contributed by atoms with Crippen LogP contribution in [0.3, 0.4) is 0 Å². The Morgan fingerprint density at radius 2 is 2.06 bits per heavy atom. The molecule has 1 aliphatic rings. The third kappa shape index (κ3) is 3.05. The molecule has 16 heavy (non-hydrogen) atoms. The molecule has 1 aromatic rings. The van der Waals surface area contributed by atoms with Crippen molar-refractivity contribution in [3.8, 4) is 0 Å². The molecule has 0 aromatic carbocycles. The summed E-state index contributed by atoms with van der Waals surface area (Å²) >= 11 is 0. The fraction of sp³-hybridized carbons (Fsp3) is 0.643. The molecule has 2 rings (SSSR count). The zero-order valence-electron chi connectivity index (χ0n) is 10.3. The molecule has 1 atom stereocenters. The van der Waals surface area contributed by atoms with Crippen LogP contribution in [0.4, 0.5) is 0 Å². The molecule has 2 nitrogen and oxygen atoms in total. The van der Waals surface area contributed by atoms with E-state index < -0.39 is 0 Å². The van der Waals surface area contributed by atoms with Crippen LogP contribution >= 0.6 is 0 Å². The third-order valence-electron chi connectivity index (χ3n) is 3.69. The maximum absolute atomic E-state index is 4.17. The van der Waals surface area contributed by atoms with Gasteiger partial charge in [0.05, 0.1) is 0 Å². The Morgan fingerprint density at radius 1 is 1.31 bits per heavy atom. The molecule has 1 aromatic heterocycles. The van der Waals surface area contributed by atoms with E-state index in [1.807, 2.05) is 18.5 Å². The van der Waals surface area contributed by atoms with Gasteiger partial charge in [-0.2, -0.15) is 0 Å². The standard InChI is InChI=1S/C14H22N2/c1-11-5-7-14(8-6-11)16-12(2)13-4-3-9-15-10-13/h3-4,9-12,14,16H,5-8H2,1-2H3. The molecule has 1 aliphatic carbocycles. The highest BCUT2D eigenvalue weighted by Gasteiger charge is 2.19. The number of nitrogens with zero attached hydrogens (tertiary/aromatic N) is 1. The highest BCUT2D eigenvalue weighted by molar-refractivity contribution is 5.13. The minimum absolute atomic E-state index is 0.423. The normalized spacial score (nSPS) is 27.6. The first-order valence-electron chi connectivity index (χ1n) is 6.41. The van der Waals surface area contributed by atoms with Crippen LogP contribution in [-0.4, -0.2) is 11.0 Å². The predicted molar refractivity (Wildman–Crippen MR) is 67.2 cm³/mol. The highest BCUT2D eigenvalue weighted by atomic mass is 14.9. The summed E-state index contributed by atoms with van der Waals surface area (Å²) in [6.45, 7) is 4.59. The third-order valence-corrected chi connectivity index (χ3v) is 3.69. The monoisotopic (exact) mass is 218 g/mol. The summed E-state index contributed by atoms with van der Waals surface area (Å²) in [7, 11) is 0. The van der Waals surface area contributed by atoms with Gasteiger partial charge in [-0.3, -0.25) is 4.98 Å². The van der Waals surface area contributed by atoms with Crippen molar-refractivity contribution in [2.45, 2.75) is 51.6 Å². The van der Waals surface area contributed by atoms with Crippen molar-refractivity contribution in [3.63, 3.8) is 0 Å². The molecule has 0 bridgehead atoms. The van der Waals surface area contributed by atoms with Crippen LogP contribution in [0, 0.1) is 5.92 Å². The molecular formula is C14H22N2. The topological polar surface area (TPSA) is 24.9 Å². The molecule has 1 saturated carbocycles. The van der Waals surface area contributed by atoms with Gasteiger partial charge in [0.1, 0.15) is 0 Å². The number of nitrogens with one attached hydrogen (secondary N) is 1. The van der Waals surface area contributed by atoms with Gasteiger partial charge in [-0.25, -0.2) is 0 Å². The van der Waals surface area contributed by atoms with E-state index in [1.165, 1.54) is 31.2 Å². The van der Waals surface area contributed by atoms with Crippen molar-refractivity contribution in [1.29, 1.82) is 0 Å². The second kappa shape index (κ2) is 5.44. The van der Waals surface area contributed by atoms with Crippen LogP contribution in [0.15, 0.2) is 24.5 Å². The summed E-state index contributed by atoms with van der Waals surface area (Å²) in [5.74, 6) is 0.923. The van der Waals surface area contributed by atoms with Crippen molar-refractivity contribution >= 4 is 0 Å². The van der Waals surface area contributed by atoms with Gasteiger partial charge in [-0.1, -0.05) is 13.0 Å². The second-order valence-electron chi connectivity index (χ2n) is 5.13. The minimum atomic E-state index is 0.423. The van der Waals surface area contributed by atoms with Crippen LogP contribution < -0.4 is 5.32 Å². The lowest BCUT2D eigenvalue weighted by Crippen LogP contribution is -2.34. The van der Waals surface area contributed by atoms with Crippen molar-refractivity contribution < 1.29 is 0 Å². The Morgan fingerprint density at radius 3 is 2.69 bits per heavy atom. The summed E-state index contributed by atoms with van der Waals surface area (Å²) < 4.78 is 0. The van der Waals surface area contributed by atoms with Crippen LogP contribution in [0.2, 0.25) is 0 Å². The van der Waals surface area contributed by atoms with Gasteiger partial charge in [-0.05, 0) is 50.2 Å². The molecule has 0 amide bonds. The van der Waals surface area contributed by atoms with E-state index in [0.717, 1.165) is 5.92 Å². The molecule has 2 heteroatoms. The van der Waals surface area contributed by atoms with Gasteiger partial charge >= 0.3 is 0 Å². The zero-order chi connectivity index (χ0) is 11.4. The van der Waals surface area contributed by atoms with Crippen molar-refractivity contribution in [1.82, 2.24) is 10.3 Å². The Hall–Kier alpha value is -0.890. The second-order valence-corrected chi connectivity index (χ2v) is 5.13. The summed E-state index contributed by atoms with van der Waals surface area (Å²) in [6.07, 6.45) is 9.19. The van der Waals surface area contributed by atoms with Gasteiger partial charge in [0.15, 0.2) is 0 Å². The van der Waals surface area contributed by atoms with Gasteiger partial charge in [0.2, 0.25) is 0 Å². The SMILES string of the molecule is CC1CCC(NC(C)c2cccnc2)CC1. The fourth-order valence-corrected chi connectivity index (χ4v) is 2.51. The molecule has 0 spiro atoms. The van der Waals surface area contributed by atoms with Crippen molar-refractivity contribution in [2.75, 3.05) is 0 Å². The molecule has 1 N–H and O–H groups in total. The quantitative estimate of drug-likeness (QED) is 0.842. The molecule has 88 valence electrons. The predicted octanol–water partition coefficient (Wildman–Crippen LogP) is 3.31. The van der Waals surface area contributed by atoms with Crippen LogP contribution in [-0.2, 0) is 0 Å². The van der Waals surface area contributed by atoms with Gasteiger partial charge in [0.25, 0.3) is 0 Å². The maximum atomic E-state index is 4.17. The maximum Gasteiger partial charge on any atom is 0.0315 e. The van der Waals surface area contributed by atoms with E-state index in [0.29, 0.717) is 12.1 Å². The number of aromatic nitrogens is 1. The van der Waals surface area contributed by atoms with E-state index in [2.05, 4.69) is 30.2 Å². The average molecular weight is 218 g/mol. The summed E-state index contributed by atoms with van der Waals surface area (Å²) in [5, 5.41) is 3.72. The summed E-state index contributed by atoms with van der Waals surface area (Å²) in [6, 6.07) is 5.28. The van der Waals surface area contributed by atoms with Crippen LogP contribution in [0.25, 0.3) is 0 Å². The number of hydrogen-bond acceptors (Lipinski definition) is 2. The lowest BCUT2D eigenvalue weighted by atomic mass is 9.87. The zero-order valence-corrected chi connectivity index (χ0v) is 10.3. The Kier molecular flexibility index (Phi) is 3.94. The van der Waals surface area contributed by atoms with Crippen LogP contribution in [0.1, 0.15) is 51.1 Å². The number of pyridine rings is 1. The average Bonchev–Trinajstić information content (AvgIpc) is 2.33. The smallest absolute Gasteiger partial charge is 0.0315 e. The molecule has 1 heterocycles. The van der Waals surface area contributed by atoms with Crippen molar-refractivity contribution in [2.24, 2.45) is 5.92 Å². The van der Waals surface area contributed by atoms with E-state index in [1.54, 1.807) is 0 Å². The molecule has 1 fully saturated rings. The first-order chi connectivity index (χ1) is 7.75. The lowest BCUT2D eigenvalue weighted by Gasteiger charge is -2.29. The molecule has 0 aliphatic heterocycles. The van der Waals surface area contributed by atoms with Crippen LogP contribution in [0.5, 0.6) is 0 Å². The lowest BCUT2D eigenvalue weighted by molar-refractivity contribution is 0.291. The Bertz CT molecular complexity index is 302. The molecule has 0 radical (unpaired) electrons. The van der Waals surface area contributed by atoms with E-state index in [4.69, 9.17) is 0 Å². The summed E-state index contributed by atoms with van der Waals surface area (Å²) in [5.41, 5.74) is 1.29. The Labute approximate surface area is 98.5 Å². The molecule has 1 unspecified atom stereocenters. The molecule has 0 saturated heterocycles. The first-order valence-corrected chi connectivity index (χ1v) is 6.41. The van der Waals surface area contributed by atoms with Gasteiger partial charge < -0.3 is 5.32 Å². The number of hydrogen-bond donors (Lipinski definition) is 1. The first kappa shape index (κ1) is 11.6. The summed E-state index contributed by atoms with van der Waals surface area (Å²) in [4.78, 5) is 4.17. The van der Waals surface area contributed by atoms with Gasteiger partial charge in [-0.15, -0.1) is 0 Å². The van der Waals surface area contributed by atoms with E-state index in [-0.39, 0.29) is 0 Å². The van der Waals surface area contributed by atoms with E-state index >= 15 is 0 Å². The Balaban J connectivity index is 1.86. The van der Waals surface area contributed by atoms with Crippen molar-refractivity contribution in [3.05, 3.63) is 30.1 Å². The number of rotatable bonds is 3. The van der Waals surface area contributed by atoms with Gasteiger partial charge in [0, 0.05) is 24.5 Å². The fourth-order valence-electron chi connectivity index (χ4n) is 2.51.